The largest absolute Gasteiger partial charge is 0.452 e. The van der Waals surface area contributed by atoms with E-state index in [1.807, 2.05) is 6.92 Å². The van der Waals surface area contributed by atoms with Crippen LogP contribution in [0, 0.1) is 0 Å². The lowest BCUT2D eigenvalue weighted by Crippen LogP contribution is -2.35. The maximum absolute atomic E-state index is 12.5. The molecule has 1 aromatic heterocycles. The number of alkyl halides is 4. The molecule has 1 aliphatic heterocycles. The lowest BCUT2D eigenvalue weighted by molar-refractivity contribution is -0.155. The molecule has 21 heavy (non-hydrogen) atoms. The highest BCUT2D eigenvalue weighted by Gasteiger charge is 2.46. The number of carbonyl (C=O) groups is 1. The van der Waals surface area contributed by atoms with Gasteiger partial charge in [-0.3, -0.25) is 4.90 Å². The lowest BCUT2D eigenvalue weighted by Gasteiger charge is -2.21. The second kappa shape index (κ2) is 5.59. The molecular formula is C12H13ClF3N3O2. The normalized spacial score (nSPS) is 23.0. The van der Waals surface area contributed by atoms with Crippen molar-refractivity contribution < 1.29 is 22.5 Å². The molecule has 0 aromatic carbocycles. The van der Waals surface area contributed by atoms with Crippen molar-refractivity contribution in [1.29, 1.82) is 0 Å². The Balaban J connectivity index is 2.33. The van der Waals surface area contributed by atoms with Gasteiger partial charge in [-0.2, -0.15) is 13.2 Å². The van der Waals surface area contributed by atoms with Crippen molar-refractivity contribution in [2.24, 2.45) is 0 Å². The van der Waals surface area contributed by atoms with Crippen LogP contribution in [-0.2, 0) is 6.18 Å². The van der Waals surface area contributed by atoms with Crippen LogP contribution in [0.1, 0.15) is 19.1 Å². The quantitative estimate of drug-likeness (QED) is 0.484. The van der Waals surface area contributed by atoms with Crippen molar-refractivity contribution in [3.8, 4) is 0 Å². The third kappa shape index (κ3) is 2.72. The van der Waals surface area contributed by atoms with Crippen LogP contribution in [-0.4, -0.2) is 34.2 Å². The van der Waals surface area contributed by atoms with E-state index in [1.165, 1.54) is 11.0 Å². The predicted octanol–water partition coefficient (Wildman–Crippen LogP) is 3.46. The van der Waals surface area contributed by atoms with Gasteiger partial charge in [-0.15, -0.1) is 6.58 Å². The van der Waals surface area contributed by atoms with Crippen molar-refractivity contribution >= 4 is 23.4 Å². The number of halogens is 4. The van der Waals surface area contributed by atoms with Crippen LogP contribution < -0.4 is 4.90 Å². The van der Waals surface area contributed by atoms with Gasteiger partial charge < -0.3 is 9.42 Å². The molecule has 0 radical (unpaired) electrons. The minimum absolute atomic E-state index is 0.251. The summed E-state index contributed by atoms with van der Waals surface area (Å²) in [5, 5.41) is 3.30. The highest BCUT2D eigenvalue weighted by atomic mass is 35.5. The first-order valence-corrected chi connectivity index (χ1v) is 6.63. The molecule has 1 aliphatic rings. The summed E-state index contributed by atoms with van der Waals surface area (Å²) in [4.78, 5) is 14.7. The SMILES string of the molecule is C=CCN1C(=O)N(c2cc(C(F)(F)F)on2)C(Cl)C1CC. The van der Waals surface area contributed by atoms with Gasteiger partial charge in [-0.1, -0.05) is 29.8 Å². The molecule has 2 rings (SSSR count). The summed E-state index contributed by atoms with van der Waals surface area (Å²) < 4.78 is 41.8. The lowest BCUT2D eigenvalue weighted by atomic mass is 10.2. The van der Waals surface area contributed by atoms with Crippen LogP contribution in [0.3, 0.4) is 0 Å². The second-order valence-electron chi connectivity index (χ2n) is 4.49. The van der Waals surface area contributed by atoms with Crippen molar-refractivity contribution in [2.45, 2.75) is 31.1 Å². The summed E-state index contributed by atoms with van der Waals surface area (Å²) in [5.74, 6) is -1.53. The highest BCUT2D eigenvalue weighted by Crippen LogP contribution is 2.36. The van der Waals surface area contributed by atoms with Crippen molar-refractivity contribution in [1.82, 2.24) is 10.1 Å². The molecule has 1 fully saturated rings. The van der Waals surface area contributed by atoms with Crippen LogP contribution >= 0.6 is 11.6 Å². The van der Waals surface area contributed by atoms with Gasteiger partial charge >= 0.3 is 12.2 Å². The molecule has 2 heterocycles. The second-order valence-corrected chi connectivity index (χ2v) is 4.94. The van der Waals surface area contributed by atoms with Gasteiger partial charge in [-0.05, 0) is 6.42 Å². The first-order valence-electron chi connectivity index (χ1n) is 6.20. The number of rotatable bonds is 4. The molecule has 2 unspecified atom stereocenters. The predicted molar refractivity (Wildman–Crippen MR) is 70.0 cm³/mol. The minimum atomic E-state index is -4.67. The molecule has 0 aliphatic carbocycles. The van der Waals surface area contributed by atoms with Gasteiger partial charge in [0.05, 0.1) is 6.04 Å². The number of urea groups is 1. The fraction of sp³-hybridized carbons (Fsp3) is 0.500. The molecule has 0 bridgehead atoms. The van der Waals surface area contributed by atoms with Crippen LogP contribution in [0.4, 0.5) is 23.8 Å². The van der Waals surface area contributed by atoms with E-state index < -0.39 is 23.5 Å². The number of carbonyl (C=O) groups excluding carboxylic acids is 1. The van der Waals surface area contributed by atoms with E-state index in [-0.39, 0.29) is 18.4 Å². The Kier molecular flexibility index (Phi) is 4.18. The molecular weight excluding hydrogens is 311 g/mol. The third-order valence-electron chi connectivity index (χ3n) is 3.18. The van der Waals surface area contributed by atoms with Crippen molar-refractivity contribution in [3.05, 3.63) is 24.5 Å². The number of nitrogens with zero attached hydrogens (tertiary/aromatic N) is 3. The van der Waals surface area contributed by atoms with Gasteiger partial charge in [0.25, 0.3) is 0 Å². The molecule has 2 atom stereocenters. The summed E-state index contributed by atoms with van der Waals surface area (Å²) in [6.45, 7) is 5.63. The molecule has 0 spiro atoms. The molecule has 5 nitrogen and oxygen atoms in total. The highest BCUT2D eigenvalue weighted by molar-refractivity contribution is 6.26. The zero-order chi connectivity index (χ0) is 15.8. The third-order valence-corrected chi connectivity index (χ3v) is 3.67. The number of aromatic nitrogens is 1. The topological polar surface area (TPSA) is 49.6 Å². The van der Waals surface area contributed by atoms with Gasteiger partial charge in [0, 0.05) is 12.6 Å². The van der Waals surface area contributed by atoms with Gasteiger partial charge in [0.15, 0.2) is 5.82 Å². The Bertz CT molecular complexity index is 546. The zero-order valence-corrected chi connectivity index (χ0v) is 11.9. The van der Waals surface area contributed by atoms with E-state index in [2.05, 4.69) is 16.3 Å². The first kappa shape index (κ1) is 15.7. The molecule has 2 amide bonds. The van der Waals surface area contributed by atoms with E-state index in [4.69, 9.17) is 11.6 Å². The Hall–Kier alpha value is -1.70. The first-order chi connectivity index (χ1) is 9.81. The van der Waals surface area contributed by atoms with Crippen LogP contribution in [0.2, 0.25) is 0 Å². The average Bonchev–Trinajstić information content (AvgIpc) is 2.95. The standard InChI is InChI=1S/C12H13ClF3N3O2/c1-3-5-18-7(4-2)10(13)19(11(18)20)9-6-8(21-17-9)12(14,15)16/h3,6-7,10H,1,4-5H2,2H3. The molecule has 0 N–H and O–H groups in total. The molecule has 1 aromatic rings. The molecule has 0 saturated carbocycles. The number of hydrogen-bond donors (Lipinski definition) is 0. The smallest absolute Gasteiger partial charge is 0.349 e. The molecule has 9 heteroatoms. The summed E-state index contributed by atoms with van der Waals surface area (Å²) in [6.07, 6.45) is -2.59. The van der Waals surface area contributed by atoms with Gasteiger partial charge in [-0.25, -0.2) is 4.79 Å². The Labute approximate surface area is 123 Å². The van der Waals surface area contributed by atoms with Crippen molar-refractivity contribution in [3.63, 3.8) is 0 Å². The number of anilines is 1. The summed E-state index contributed by atoms with van der Waals surface area (Å²) in [6, 6.07) is -0.204. The van der Waals surface area contributed by atoms with Gasteiger partial charge in [0.1, 0.15) is 5.50 Å². The fourth-order valence-electron chi connectivity index (χ4n) is 2.21. The summed E-state index contributed by atoms with van der Waals surface area (Å²) in [7, 11) is 0. The number of amides is 2. The Morgan fingerprint density at radius 3 is 2.71 bits per heavy atom. The number of hydrogen-bond acceptors (Lipinski definition) is 3. The van der Waals surface area contributed by atoms with E-state index in [0.29, 0.717) is 12.5 Å². The van der Waals surface area contributed by atoms with E-state index >= 15 is 0 Å². The molecule has 116 valence electrons. The summed E-state index contributed by atoms with van der Waals surface area (Å²) >= 11 is 6.19. The van der Waals surface area contributed by atoms with E-state index in [0.717, 1.165) is 4.90 Å². The van der Waals surface area contributed by atoms with Gasteiger partial charge in [0.2, 0.25) is 5.76 Å². The average molecular weight is 324 g/mol. The maximum atomic E-state index is 12.5. The minimum Gasteiger partial charge on any atom is -0.349 e. The van der Waals surface area contributed by atoms with Crippen LogP contribution in [0.5, 0.6) is 0 Å². The van der Waals surface area contributed by atoms with E-state index in [1.54, 1.807) is 0 Å². The van der Waals surface area contributed by atoms with Crippen LogP contribution in [0.25, 0.3) is 0 Å². The molecule has 1 saturated heterocycles. The monoisotopic (exact) mass is 323 g/mol. The fourth-order valence-corrected chi connectivity index (χ4v) is 2.71. The van der Waals surface area contributed by atoms with Crippen LogP contribution in [0.15, 0.2) is 23.2 Å². The Morgan fingerprint density at radius 2 is 2.24 bits per heavy atom. The maximum Gasteiger partial charge on any atom is 0.452 e. The summed E-state index contributed by atoms with van der Waals surface area (Å²) in [5.41, 5.74) is -0.825. The zero-order valence-electron chi connectivity index (χ0n) is 11.1. The van der Waals surface area contributed by atoms with E-state index in [9.17, 15) is 18.0 Å². The van der Waals surface area contributed by atoms with Crippen molar-refractivity contribution in [2.75, 3.05) is 11.4 Å². The Morgan fingerprint density at radius 1 is 1.57 bits per heavy atom.